The average molecular weight is 420 g/mol. The molecule has 6 nitrogen and oxygen atoms in total. The summed E-state index contributed by atoms with van der Waals surface area (Å²) in [6.07, 6.45) is 1.83. The Bertz CT molecular complexity index is 440. The topological polar surface area (TPSA) is 83.2 Å². The van der Waals surface area contributed by atoms with E-state index in [1.807, 2.05) is 6.92 Å². The summed E-state index contributed by atoms with van der Waals surface area (Å²) >= 11 is 0. The van der Waals surface area contributed by atoms with Crippen molar-refractivity contribution >= 4 is 8.32 Å². The van der Waals surface area contributed by atoms with E-state index in [1.165, 1.54) is 0 Å². The molecule has 1 aliphatic rings. The monoisotopic (exact) mass is 419 g/mol. The number of hydrogen-bond donors (Lipinski definition) is 2. The molecule has 1 heterocycles. The quantitative estimate of drug-likeness (QED) is 0.496. The molecule has 168 valence electrons. The van der Waals surface area contributed by atoms with Gasteiger partial charge in [0.2, 0.25) is 8.32 Å². The highest BCUT2D eigenvalue weighted by molar-refractivity contribution is 6.77. The van der Waals surface area contributed by atoms with E-state index >= 15 is 0 Å². The molecule has 28 heavy (non-hydrogen) atoms. The minimum atomic E-state index is -2.00. The largest absolute Gasteiger partial charge is 0.413 e. The molecule has 7 heteroatoms. The molecule has 0 bridgehead atoms. The van der Waals surface area contributed by atoms with Crippen molar-refractivity contribution in [2.45, 2.75) is 114 Å². The third-order valence-electron chi connectivity index (χ3n) is 6.54. The number of ether oxygens (including phenoxy) is 3. The first-order valence-electron chi connectivity index (χ1n) is 10.8. The molecule has 1 saturated heterocycles. The van der Waals surface area contributed by atoms with Crippen LogP contribution >= 0.6 is 0 Å². The summed E-state index contributed by atoms with van der Waals surface area (Å²) in [5.41, 5.74) is 7.59. The second-order valence-electron chi connectivity index (χ2n) is 9.43. The molecule has 0 aromatic rings. The van der Waals surface area contributed by atoms with Gasteiger partial charge in [-0.05, 0) is 30.0 Å². The zero-order valence-corrected chi connectivity index (χ0v) is 20.5. The van der Waals surface area contributed by atoms with Crippen molar-refractivity contribution in [3.63, 3.8) is 0 Å². The van der Waals surface area contributed by atoms with Crippen LogP contribution in [0.2, 0.25) is 16.6 Å². The maximum atomic E-state index is 9.41. The lowest BCUT2D eigenvalue weighted by molar-refractivity contribution is -0.277. The Labute approximate surface area is 173 Å². The molecule has 0 saturated carbocycles. The minimum absolute atomic E-state index is 0.0745. The van der Waals surface area contributed by atoms with Crippen LogP contribution in [0.3, 0.4) is 0 Å². The fourth-order valence-electron chi connectivity index (χ4n) is 5.12. The lowest BCUT2D eigenvalue weighted by Gasteiger charge is -2.49. The average Bonchev–Trinajstić information content (AvgIpc) is 2.62. The normalized spacial score (nSPS) is 28.9. The van der Waals surface area contributed by atoms with Crippen LogP contribution < -0.4 is 5.73 Å². The summed E-state index contributed by atoms with van der Waals surface area (Å²) < 4.78 is 24.6. The second-order valence-corrected chi connectivity index (χ2v) is 14.8. The van der Waals surface area contributed by atoms with Crippen LogP contribution in [-0.2, 0) is 18.6 Å². The molecule has 0 aromatic carbocycles. The van der Waals surface area contributed by atoms with Gasteiger partial charge in [0.05, 0.1) is 31.0 Å². The maximum absolute atomic E-state index is 9.41. The lowest BCUT2D eigenvalue weighted by atomic mass is 9.94. The van der Waals surface area contributed by atoms with E-state index in [0.717, 1.165) is 6.42 Å². The van der Waals surface area contributed by atoms with E-state index in [0.29, 0.717) is 29.5 Å². The number of nitrogens with two attached hydrogens (primary N) is 1. The minimum Gasteiger partial charge on any atom is -0.413 e. The number of aliphatic hydroxyl groups is 1. The Morgan fingerprint density at radius 3 is 2.04 bits per heavy atom. The standard InChI is InChI=1S/C21H45NO5Si/c1-14(2)28(15(3)4,16(5)6)27-18-10-17(26-21(7,12-18)25-9)11-20(24-8)19(22)13-23/h14-20,23H,10-13,22H2,1-9H3/t17-,18-,19+,20-,21-/m0/s1. The van der Waals surface area contributed by atoms with Crippen molar-refractivity contribution in [1.82, 2.24) is 0 Å². The van der Waals surface area contributed by atoms with E-state index < -0.39 is 20.1 Å². The summed E-state index contributed by atoms with van der Waals surface area (Å²) in [4.78, 5) is 0. The second kappa shape index (κ2) is 10.8. The summed E-state index contributed by atoms with van der Waals surface area (Å²) in [6, 6.07) is -0.431. The van der Waals surface area contributed by atoms with Crippen molar-refractivity contribution < 1.29 is 23.7 Å². The zero-order valence-electron chi connectivity index (χ0n) is 19.5. The zero-order chi connectivity index (χ0) is 21.7. The third-order valence-corrected chi connectivity index (χ3v) is 12.7. The highest BCUT2D eigenvalue weighted by atomic mass is 28.4. The Kier molecular flexibility index (Phi) is 10.1. The van der Waals surface area contributed by atoms with Gasteiger partial charge in [-0.25, -0.2) is 0 Å². The van der Waals surface area contributed by atoms with Crippen molar-refractivity contribution in [3.05, 3.63) is 0 Å². The summed E-state index contributed by atoms with van der Waals surface area (Å²) in [5, 5.41) is 9.41. The van der Waals surface area contributed by atoms with Crippen LogP contribution in [-0.4, -0.2) is 64.4 Å². The van der Waals surface area contributed by atoms with Crippen molar-refractivity contribution in [2.24, 2.45) is 5.73 Å². The molecule has 0 spiro atoms. The SMILES string of the molecule is CO[C@@H](C[C@@H]1C[C@H](O[Si](C(C)C)(C(C)C)C(C)C)C[C@@](C)(OC)O1)[C@H](N)CO. The fourth-order valence-corrected chi connectivity index (χ4v) is 10.7. The fraction of sp³-hybridized carbons (Fsp3) is 1.00. The summed E-state index contributed by atoms with van der Waals surface area (Å²) in [5.74, 6) is -0.694. The Balaban J connectivity index is 3.07. The van der Waals surface area contributed by atoms with Crippen molar-refractivity contribution in [1.29, 1.82) is 0 Å². The molecule has 0 unspecified atom stereocenters. The van der Waals surface area contributed by atoms with Gasteiger partial charge >= 0.3 is 0 Å². The van der Waals surface area contributed by atoms with Gasteiger partial charge in [0, 0.05) is 27.1 Å². The predicted octanol–water partition coefficient (Wildman–Crippen LogP) is 3.81. The molecule has 0 radical (unpaired) electrons. The predicted molar refractivity (Wildman–Crippen MR) is 116 cm³/mol. The third kappa shape index (κ3) is 6.00. The van der Waals surface area contributed by atoms with Gasteiger partial charge in [-0.3, -0.25) is 0 Å². The number of aliphatic hydroxyl groups excluding tert-OH is 1. The number of methoxy groups -OCH3 is 2. The van der Waals surface area contributed by atoms with E-state index in [1.54, 1.807) is 14.2 Å². The molecule has 3 N–H and O–H groups in total. The van der Waals surface area contributed by atoms with Crippen LogP contribution in [0.25, 0.3) is 0 Å². The molecular weight excluding hydrogens is 374 g/mol. The Morgan fingerprint density at radius 1 is 1.11 bits per heavy atom. The van der Waals surface area contributed by atoms with Crippen molar-refractivity contribution in [2.75, 3.05) is 20.8 Å². The molecule has 1 rings (SSSR count). The molecule has 0 amide bonds. The first kappa shape index (κ1) is 26.0. The van der Waals surface area contributed by atoms with Crippen LogP contribution in [0.4, 0.5) is 0 Å². The van der Waals surface area contributed by atoms with E-state index in [2.05, 4.69) is 41.5 Å². The van der Waals surface area contributed by atoms with Crippen molar-refractivity contribution in [3.8, 4) is 0 Å². The molecule has 1 aliphatic heterocycles. The summed E-state index contributed by atoms with van der Waals surface area (Å²) in [7, 11) is 1.31. The lowest BCUT2D eigenvalue weighted by Crippen LogP contribution is -2.55. The molecule has 1 fully saturated rings. The molecule has 5 atom stereocenters. The van der Waals surface area contributed by atoms with Gasteiger partial charge in [0.25, 0.3) is 0 Å². The first-order chi connectivity index (χ1) is 13.0. The Hall–Kier alpha value is -0.0231. The van der Waals surface area contributed by atoms with Gasteiger partial charge < -0.3 is 29.5 Å². The molecule has 0 aliphatic carbocycles. The van der Waals surface area contributed by atoms with Gasteiger partial charge in [-0.2, -0.15) is 0 Å². The number of hydrogen-bond acceptors (Lipinski definition) is 6. The van der Waals surface area contributed by atoms with Gasteiger partial charge in [-0.1, -0.05) is 41.5 Å². The van der Waals surface area contributed by atoms with E-state index in [4.69, 9.17) is 24.4 Å². The maximum Gasteiger partial charge on any atom is 0.200 e. The van der Waals surface area contributed by atoms with Gasteiger partial charge in [0.1, 0.15) is 0 Å². The first-order valence-corrected chi connectivity index (χ1v) is 12.9. The smallest absolute Gasteiger partial charge is 0.200 e. The molecular formula is C21H45NO5Si. The Morgan fingerprint density at radius 2 is 1.64 bits per heavy atom. The van der Waals surface area contributed by atoms with Gasteiger partial charge in [0.15, 0.2) is 5.79 Å². The van der Waals surface area contributed by atoms with Crippen LogP contribution in [0, 0.1) is 0 Å². The highest BCUT2D eigenvalue weighted by Gasteiger charge is 2.49. The van der Waals surface area contributed by atoms with Gasteiger partial charge in [-0.15, -0.1) is 0 Å². The summed E-state index contributed by atoms with van der Waals surface area (Å²) in [6.45, 7) is 15.7. The number of rotatable bonds is 11. The van der Waals surface area contributed by atoms with Crippen LogP contribution in [0.15, 0.2) is 0 Å². The van der Waals surface area contributed by atoms with Crippen LogP contribution in [0.5, 0.6) is 0 Å². The van der Waals surface area contributed by atoms with E-state index in [9.17, 15) is 5.11 Å². The van der Waals surface area contributed by atoms with Crippen LogP contribution in [0.1, 0.15) is 67.7 Å². The highest BCUT2D eigenvalue weighted by Crippen LogP contribution is 2.45. The van der Waals surface area contributed by atoms with E-state index in [-0.39, 0.29) is 24.9 Å². The molecule has 0 aromatic heterocycles.